The number of halogens is 3. The summed E-state index contributed by atoms with van der Waals surface area (Å²) in [6.45, 7) is 2.18. The maximum Gasteiger partial charge on any atom is 0.357 e. The Morgan fingerprint density at radius 1 is 1.05 bits per heavy atom. The molecule has 2 aromatic carbocycles. The van der Waals surface area contributed by atoms with Crippen LogP contribution in [0.4, 0.5) is 8.78 Å². The molecule has 0 N–H and O–H groups in total. The molecule has 1 unspecified atom stereocenters. The zero-order valence-electron chi connectivity index (χ0n) is 21.0. The summed E-state index contributed by atoms with van der Waals surface area (Å²) >= 11 is 6.13. The second-order valence-electron chi connectivity index (χ2n) is 9.43. The fourth-order valence-corrected chi connectivity index (χ4v) is 5.28. The average Bonchev–Trinajstić information content (AvgIpc) is 3.28. The van der Waals surface area contributed by atoms with Gasteiger partial charge in [-0.3, -0.25) is 0 Å². The predicted molar refractivity (Wildman–Crippen MR) is 141 cm³/mol. The number of hydrogen-bond acceptors (Lipinski definition) is 5. The molecule has 4 aromatic rings. The lowest BCUT2D eigenvalue weighted by atomic mass is 9.83. The van der Waals surface area contributed by atoms with Gasteiger partial charge in [-0.2, -0.15) is 0 Å². The summed E-state index contributed by atoms with van der Waals surface area (Å²) in [7, 11) is 0. The van der Waals surface area contributed by atoms with Crippen molar-refractivity contribution in [3.8, 4) is 17.3 Å². The van der Waals surface area contributed by atoms with E-state index in [2.05, 4.69) is 4.98 Å². The minimum atomic E-state index is -0.949. The Kier molecular flexibility index (Phi) is 7.88. The Balaban J connectivity index is 1.58. The van der Waals surface area contributed by atoms with Crippen LogP contribution in [-0.4, -0.2) is 33.7 Å². The van der Waals surface area contributed by atoms with Crippen LogP contribution in [0.15, 0.2) is 54.6 Å². The second kappa shape index (κ2) is 11.5. The number of rotatable bonds is 8. The van der Waals surface area contributed by atoms with Gasteiger partial charge in [-0.25, -0.2) is 23.5 Å². The molecule has 1 aliphatic carbocycles. The molecule has 198 valence electrons. The largest absolute Gasteiger partial charge is 0.475 e. The minimum Gasteiger partial charge on any atom is -0.475 e. The molecule has 0 aliphatic heterocycles. The summed E-state index contributed by atoms with van der Waals surface area (Å²) < 4.78 is 41.9. The van der Waals surface area contributed by atoms with Crippen LogP contribution >= 0.6 is 11.6 Å². The number of ether oxygens (including phenoxy) is 2. The van der Waals surface area contributed by atoms with Gasteiger partial charge in [0.05, 0.1) is 23.7 Å². The van der Waals surface area contributed by atoms with Gasteiger partial charge in [0.15, 0.2) is 17.3 Å². The molecule has 6 nitrogen and oxygen atoms in total. The van der Waals surface area contributed by atoms with Crippen LogP contribution in [0.3, 0.4) is 0 Å². The van der Waals surface area contributed by atoms with Crippen molar-refractivity contribution >= 4 is 28.6 Å². The standard InChI is InChI=1S/C29H28ClF2N3O3/c1-2-37-29(36)23-9-6-10-27(33-23)38-17-26(18-7-4-3-5-8-18)35-25-16-22(32)21(31)15-24(25)34-28(35)19-11-13-20(30)14-12-19/h6,9-16,18,26H,2-5,7-8,17H2,1H3. The van der Waals surface area contributed by atoms with Crippen molar-refractivity contribution in [3.63, 3.8) is 0 Å². The highest BCUT2D eigenvalue weighted by Crippen LogP contribution is 2.39. The number of benzene rings is 2. The lowest BCUT2D eigenvalue weighted by Gasteiger charge is -2.32. The Morgan fingerprint density at radius 2 is 1.79 bits per heavy atom. The Morgan fingerprint density at radius 3 is 2.53 bits per heavy atom. The highest BCUT2D eigenvalue weighted by Gasteiger charge is 2.30. The molecule has 1 atom stereocenters. The van der Waals surface area contributed by atoms with Gasteiger partial charge in [-0.15, -0.1) is 0 Å². The Bertz CT molecular complexity index is 1440. The van der Waals surface area contributed by atoms with Gasteiger partial charge in [0, 0.05) is 28.8 Å². The van der Waals surface area contributed by atoms with Crippen LogP contribution in [0.25, 0.3) is 22.4 Å². The first-order valence-corrected chi connectivity index (χ1v) is 13.2. The number of pyridine rings is 1. The molecule has 0 saturated heterocycles. The summed E-state index contributed by atoms with van der Waals surface area (Å²) in [6, 6.07) is 14.2. The van der Waals surface area contributed by atoms with E-state index in [9.17, 15) is 13.6 Å². The van der Waals surface area contributed by atoms with E-state index in [0.29, 0.717) is 21.9 Å². The van der Waals surface area contributed by atoms with Crippen molar-refractivity contribution in [1.29, 1.82) is 0 Å². The number of carbonyl (C=O) groups excluding carboxylic acids is 1. The number of carbonyl (C=O) groups is 1. The Hall–Kier alpha value is -3.52. The molecular weight excluding hydrogens is 512 g/mol. The van der Waals surface area contributed by atoms with E-state index < -0.39 is 17.6 Å². The van der Waals surface area contributed by atoms with Crippen LogP contribution in [0.1, 0.15) is 55.6 Å². The maximum absolute atomic E-state index is 14.5. The summed E-state index contributed by atoms with van der Waals surface area (Å²) in [6.07, 6.45) is 5.23. The summed E-state index contributed by atoms with van der Waals surface area (Å²) in [5.41, 5.74) is 1.78. The molecular formula is C29H28ClF2N3O3. The van der Waals surface area contributed by atoms with Crippen molar-refractivity contribution < 1.29 is 23.0 Å². The molecule has 2 aromatic heterocycles. The van der Waals surface area contributed by atoms with E-state index in [4.69, 9.17) is 26.1 Å². The van der Waals surface area contributed by atoms with Crippen LogP contribution < -0.4 is 4.74 Å². The van der Waals surface area contributed by atoms with Gasteiger partial charge in [0.1, 0.15) is 12.4 Å². The van der Waals surface area contributed by atoms with E-state index in [1.807, 2.05) is 16.7 Å². The van der Waals surface area contributed by atoms with Crippen LogP contribution in [0.2, 0.25) is 5.02 Å². The smallest absolute Gasteiger partial charge is 0.357 e. The first kappa shape index (κ1) is 26.1. The average molecular weight is 540 g/mol. The minimum absolute atomic E-state index is 0.158. The van der Waals surface area contributed by atoms with E-state index >= 15 is 0 Å². The Labute approximate surface area is 224 Å². The summed E-state index contributed by atoms with van der Waals surface area (Å²) in [5, 5.41) is 0.577. The predicted octanol–water partition coefficient (Wildman–Crippen LogP) is 7.41. The first-order chi connectivity index (χ1) is 18.4. The van der Waals surface area contributed by atoms with Crippen molar-refractivity contribution in [3.05, 3.63) is 76.9 Å². The highest BCUT2D eigenvalue weighted by molar-refractivity contribution is 6.30. The van der Waals surface area contributed by atoms with Gasteiger partial charge in [-0.05, 0) is 56.0 Å². The third kappa shape index (κ3) is 5.50. The first-order valence-electron chi connectivity index (χ1n) is 12.8. The van der Waals surface area contributed by atoms with E-state index in [1.54, 1.807) is 37.3 Å². The van der Waals surface area contributed by atoms with Crippen molar-refractivity contribution in [2.75, 3.05) is 13.2 Å². The normalized spacial score (nSPS) is 14.9. The van der Waals surface area contributed by atoms with E-state index in [-0.39, 0.29) is 36.7 Å². The van der Waals surface area contributed by atoms with E-state index in [0.717, 1.165) is 43.7 Å². The fraction of sp³-hybridized carbons (Fsp3) is 0.345. The molecule has 1 aliphatic rings. The third-order valence-electron chi connectivity index (χ3n) is 6.97. The molecule has 0 amide bonds. The van der Waals surface area contributed by atoms with Gasteiger partial charge in [-0.1, -0.05) is 36.9 Å². The number of aromatic nitrogens is 3. The summed E-state index contributed by atoms with van der Waals surface area (Å²) in [4.78, 5) is 21.2. The molecule has 38 heavy (non-hydrogen) atoms. The zero-order chi connectivity index (χ0) is 26.6. The van der Waals surface area contributed by atoms with Crippen LogP contribution in [0.5, 0.6) is 5.88 Å². The van der Waals surface area contributed by atoms with Crippen molar-refractivity contribution in [2.45, 2.75) is 45.1 Å². The van der Waals surface area contributed by atoms with Crippen LogP contribution in [-0.2, 0) is 4.74 Å². The fourth-order valence-electron chi connectivity index (χ4n) is 5.15. The van der Waals surface area contributed by atoms with Gasteiger partial charge in [0.2, 0.25) is 5.88 Å². The summed E-state index contributed by atoms with van der Waals surface area (Å²) in [5.74, 6) is -1.33. The molecule has 0 spiro atoms. The molecule has 1 fully saturated rings. The maximum atomic E-state index is 14.5. The molecule has 0 bridgehead atoms. The second-order valence-corrected chi connectivity index (χ2v) is 9.86. The van der Waals surface area contributed by atoms with Gasteiger partial charge in [0.25, 0.3) is 0 Å². The van der Waals surface area contributed by atoms with Gasteiger partial charge >= 0.3 is 5.97 Å². The number of imidazole rings is 1. The van der Waals surface area contributed by atoms with Crippen molar-refractivity contribution in [2.24, 2.45) is 5.92 Å². The number of hydrogen-bond donors (Lipinski definition) is 0. The number of nitrogens with zero attached hydrogens (tertiary/aromatic N) is 3. The van der Waals surface area contributed by atoms with Gasteiger partial charge < -0.3 is 14.0 Å². The number of fused-ring (bicyclic) bond motifs is 1. The van der Waals surface area contributed by atoms with Crippen molar-refractivity contribution in [1.82, 2.24) is 14.5 Å². The van der Waals surface area contributed by atoms with Crippen LogP contribution in [0, 0.1) is 17.6 Å². The lowest BCUT2D eigenvalue weighted by molar-refractivity contribution is 0.0517. The quantitative estimate of drug-likeness (QED) is 0.218. The third-order valence-corrected chi connectivity index (χ3v) is 7.22. The highest BCUT2D eigenvalue weighted by atomic mass is 35.5. The zero-order valence-corrected chi connectivity index (χ0v) is 21.8. The SMILES string of the molecule is CCOC(=O)c1cccc(OCC(C2CCCCC2)n2c(-c3ccc(Cl)cc3)nc3cc(F)c(F)cc32)n1. The molecule has 0 radical (unpaired) electrons. The molecule has 2 heterocycles. The molecule has 1 saturated carbocycles. The van der Waals surface area contributed by atoms with E-state index in [1.165, 1.54) is 6.07 Å². The monoisotopic (exact) mass is 539 g/mol. The molecule has 5 rings (SSSR count). The number of esters is 1. The molecule has 9 heteroatoms. The topological polar surface area (TPSA) is 66.2 Å². The lowest BCUT2D eigenvalue weighted by Crippen LogP contribution is -2.28.